The van der Waals surface area contributed by atoms with E-state index in [1.807, 2.05) is 44.2 Å². The van der Waals surface area contributed by atoms with Crippen LogP contribution in [0.15, 0.2) is 41.0 Å². The zero-order valence-electron chi connectivity index (χ0n) is 11.6. The Hall–Kier alpha value is -2.20. The van der Waals surface area contributed by atoms with Crippen LogP contribution in [0.2, 0.25) is 0 Å². The molecule has 0 radical (unpaired) electrons. The van der Waals surface area contributed by atoms with Crippen molar-refractivity contribution in [3.8, 4) is 11.3 Å². The fourth-order valence-electron chi connectivity index (χ4n) is 2.23. The molecular weight excluding hydrogens is 250 g/mol. The second-order valence-electron chi connectivity index (χ2n) is 5.04. The van der Waals surface area contributed by atoms with Crippen molar-refractivity contribution in [2.75, 3.05) is 6.54 Å². The van der Waals surface area contributed by atoms with E-state index in [0.29, 0.717) is 6.54 Å². The summed E-state index contributed by atoms with van der Waals surface area (Å²) in [5.41, 5.74) is 9.41. The molecule has 4 nitrogen and oxygen atoms in total. The average Bonchev–Trinajstić information content (AvgIpc) is 2.89. The molecule has 0 aliphatic rings. The molecule has 0 saturated heterocycles. The van der Waals surface area contributed by atoms with Gasteiger partial charge in [0.2, 0.25) is 0 Å². The number of fused-ring (bicyclic) bond motifs is 1. The minimum Gasteiger partial charge on any atom is -0.464 e. The van der Waals surface area contributed by atoms with Crippen molar-refractivity contribution in [1.82, 2.24) is 9.97 Å². The summed E-state index contributed by atoms with van der Waals surface area (Å²) in [5.74, 6) is 0.930. The van der Waals surface area contributed by atoms with Gasteiger partial charge < -0.3 is 10.2 Å². The second kappa shape index (κ2) is 5.06. The number of nitrogens with two attached hydrogens (primary N) is 1. The van der Waals surface area contributed by atoms with Gasteiger partial charge in [0, 0.05) is 29.1 Å². The summed E-state index contributed by atoms with van der Waals surface area (Å²) < 4.78 is 5.58. The van der Waals surface area contributed by atoms with Gasteiger partial charge in [-0.2, -0.15) is 0 Å². The van der Waals surface area contributed by atoms with E-state index in [2.05, 4.69) is 9.97 Å². The Morgan fingerprint density at radius 1 is 1.25 bits per heavy atom. The summed E-state index contributed by atoms with van der Waals surface area (Å²) in [5, 5.41) is 1.07. The molecule has 1 unspecified atom stereocenters. The molecule has 0 saturated carbocycles. The molecule has 4 heteroatoms. The summed E-state index contributed by atoms with van der Waals surface area (Å²) >= 11 is 0. The Morgan fingerprint density at radius 3 is 2.85 bits per heavy atom. The van der Waals surface area contributed by atoms with Gasteiger partial charge in [0.25, 0.3) is 0 Å². The van der Waals surface area contributed by atoms with Crippen LogP contribution in [-0.4, -0.2) is 16.5 Å². The SMILES string of the molecule is Cc1cc(-c2coc3ccccc23)nc(C(C)CN)n1. The minimum absolute atomic E-state index is 0.145. The Balaban J connectivity index is 2.16. The van der Waals surface area contributed by atoms with Gasteiger partial charge in [-0.25, -0.2) is 9.97 Å². The molecule has 1 atom stereocenters. The third kappa shape index (κ3) is 2.18. The van der Waals surface area contributed by atoms with Crippen LogP contribution in [0.1, 0.15) is 24.4 Å². The number of aryl methyl sites for hydroxylation is 1. The predicted molar refractivity (Wildman–Crippen MR) is 79.4 cm³/mol. The number of para-hydroxylation sites is 1. The molecular formula is C16H17N3O. The van der Waals surface area contributed by atoms with Crippen LogP contribution in [0.5, 0.6) is 0 Å². The molecule has 3 aromatic rings. The monoisotopic (exact) mass is 267 g/mol. The lowest BCUT2D eigenvalue weighted by Crippen LogP contribution is -2.13. The lowest BCUT2D eigenvalue weighted by Gasteiger charge is -2.09. The van der Waals surface area contributed by atoms with Crippen molar-refractivity contribution in [2.45, 2.75) is 19.8 Å². The molecule has 0 amide bonds. The molecule has 2 N–H and O–H groups in total. The predicted octanol–water partition coefficient (Wildman–Crippen LogP) is 3.26. The van der Waals surface area contributed by atoms with Crippen LogP contribution in [0.25, 0.3) is 22.2 Å². The highest BCUT2D eigenvalue weighted by Crippen LogP contribution is 2.30. The molecule has 20 heavy (non-hydrogen) atoms. The van der Waals surface area contributed by atoms with Crippen LogP contribution >= 0.6 is 0 Å². The number of nitrogens with zero attached hydrogens (tertiary/aromatic N) is 2. The van der Waals surface area contributed by atoms with Crippen molar-refractivity contribution in [3.05, 3.63) is 48.1 Å². The molecule has 0 spiro atoms. The van der Waals surface area contributed by atoms with Crippen molar-refractivity contribution < 1.29 is 4.42 Å². The van der Waals surface area contributed by atoms with E-state index < -0.39 is 0 Å². The number of benzene rings is 1. The zero-order valence-corrected chi connectivity index (χ0v) is 11.6. The molecule has 3 rings (SSSR count). The molecule has 0 aliphatic heterocycles. The maximum absolute atomic E-state index is 5.71. The molecule has 0 bridgehead atoms. The first kappa shape index (κ1) is 12.8. The number of hydrogen-bond acceptors (Lipinski definition) is 4. The third-order valence-corrected chi connectivity index (χ3v) is 3.42. The lowest BCUT2D eigenvalue weighted by molar-refractivity contribution is 0.616. The van der Waals surface area contributed by atoms with Crippen LogP contribution in [0, 0.1) is 6.92 Å². The van der Waals surface area contributed by atoms with Crippen LogP contribution in [-0.2, 0) is 0 Å². The summed E-state index contributed by atoms with van der Waals surface area (Å²) in [6.45, 7) is 4.54. The highest BCUT2D eigenvalue weighted by molar-refractivity contribution is 5.92. The maximum atomic E-state index is 5.71. The maximum Gasteiger partial charge on any atom is 0.134 e. The molecule has 2 heterocycles. The first-order valence-electron chi connectivity index (χ1n) is 6.71. The second-order valence-corrected chi connectivity index (χ2v) is 5.04. The standard InChI is InChI=1S/C16H17N3O/c1-10(8-17)16-18-11(2)7-14(19-16)13-9-20-15-6-4-3-5-12(13)15/h3-7,9-10H,8,17H2,1-2H3. The topological polar surface area (TPSA) is 64.9 Å². The van der Waals surface area contributed by atoms with E-state index in [9.17, 15) is 0 Å². The van der Waals surface area contributed by atoms with Crippen molar-refractivity contribution >= 4 is 11.0 Å². The van der Waals surface area contributed by atoms with Crippen molar-refractivity contribution in [1.29, 1.82) is 0 Å². The number of rotatable bonds is 3. The first-order chi connectivity index (χ1) is 9.69. The van der Waals surface area contributed by atoms with Gasteiger partial charge in [-0.15, -0.1) is 0 Å². The molecule has 0 fully saturated rings. The molecule has 2 aromatic heterocycles. The van der Waals surface area contributed by atoms with Crippen LogP contribution < -0.4 is 5.73 Å². The number of hydrogen-bond donors (Lipinski definition) is 1. The first-order valence-corrected chi connectivity index (χ1v) is 6.71. The summed E-state index contributed by atoms with van der Waals surface area (Å²) in [4.78, 5) is 9.12. The van der Waals surface area contributed by atoms with Gasteiger partial charge in [-0.1, -0.05) is 25.1 Å². The number of aromatic nitrogens is 2. The van der Waals surface area contributed by atoms with Gasteiger partial charge in [0.1, 0.15) is 17.7 Å². The third-order valence-electron chi connectivity index (χ3n) is 3.42. The number of furan rings is 1. The van der Waals surface area contributed by atoms with Gasteiger partial charge in [-0.05, 0) is 19.1 Å². The largest absolute Gasteiger partial charge is 0.464 e. The van der Waals surface area contributed by atoms with Crippen molar-refractivity contribution in [2.24, 2.45) is 5.73 Å². The van der Waals surface area contributed by atoms with E-state index in [-0.39, 0.29) is 5.92 Å². The Labute approximate surface area is 117 Å². The quantitative estimate of drug-likeness (QED) is 0.791. The minimum atomic E-state index is 0.145. The molecule has 0 aliphatic carbocycles. The Kier molecular flexibility index (Phi) is 3.24. The highest BCUT2D eigenvalue weighted by atomic mass is 16.3. The Morgan fingerprint density at radius 2 is 2.05 bits per heavy atom. The summed E-state index contributed by atoms with van der Waals surface area (Å²) in [7, 11) is 0. The van der Waals surface area contributed by atoms with Crippen LogP contribution in [0.4, 0.5) is 0 Å². The summed E-state index contributed by atoms with van der Waals surface area (Å²) in [6.07, 6.45) is 1.75. The van der Waals surface area contributed by atoms with E-state index in [4.69, 9.17) is 10.2 Å². The fourth-order valence-corrected chi connectivity index (χ4v) is 2.23. The Bertz CT molecular complexity index is 748. The van der Waals surface area contributed by atoms with Crippen molar-refractivity contribution in [3.63, 3.8) is 0 Å². The van der Waals surface area contributed by atoms with E-state index >= 15 is 0 Å². The van der Waals surface area contributed by atoms with Crippen LogP contribution in [0.3, 0.4) is 0 Å². The van der Waals surface area contributed by atoms with E-state index in [1.165, 1.54) is 0 Å². The molecule has 1 aromatic carbocycles. The fraction of sp³-hybridized carbons (Fsp3) is 0.250. The summed E-state index contributed by atoms with van der Waals surface area (Å²) in [6, 6.07) is 9.93. The highest BCUT2D eigenvalue weighted by Gasteiger charge is 2.13. The van der Waals surface area contributed by atoms with Gasteiger partial charge >= 0.3 is 0 Å². The normalized spacial score (nSPS) is 12.8. The zero-order chi connectivity index (χ0) is 14.1. The smallest absolute Gasteiger partial charge is 0.134 e. The van der Waals surface area contributed by atoms with Gasteiger partial charge in [-0.3, -0.25) is 0 Å². The van der Waals surface area contributed by atoms with Gasteiger partial charge in [0.15, 0.2) is 0 Å². The van der Waals surface area contributed by atoms with E-state index in [0.717, 1.165) is 33.7 Å². The van der Waals surface area contributed by atoms with E-state index in [1.54, 1.807) is 6.26 Å². The molecule has 102 valence electrons. The lowest BCUT2D eigenvalue weighted by atomic mass is 10.1. The van der Waals surface area contributed by atoms with Gasteiger partial charge in [0.05, 0.1) is 5.69 Å². The average molecular weight is 267 g/mol.